The van der Waals surface area contributed by atoms with Crippen LogP contribution in [0, 0.1) is 6.92 Å². The third-order valence-corrected chi connectivity index (χ3v) is 4.70. The Balaban J connectivity index is 1.64. The molecular formula is C18H17N3OS. The van der Waals surface area contributed by atoms with Gasteiger partial charge in [-0.2, -0.15) is 0 Å². The molecule has 1 aliphatic carbocycles. The quantitative estimate of drug-likeness (QED) is 0.799. The molecule has 3 aromatic rings. The summed E-state index contributed by atoms with van der Waals surface area (Å²) in [5.74, 6) is 0.110. The minimum Gasteiger partial charge on any atom is -0.353 e. The highest BCUT2D eigenvalue weighted by molar-refractivity contribution is 7.03. The number of benzene rings is 1. The normalized spacial score (nSPS) is 14.1. The van der Waals surface area contributed by atoms with E-state index in [-0.39, 0.29) is 5.91 Å². The minimum absolute atomic E-state index is 0.110. The molecule has 1 saturated carbocycles. The highest BCUT2D eigenvalue weighted by Gasteiger charge is 2.23. The first-order valence-electron chi connectivity index (χ1n) is 7.78. The fourth-order valence-electron chi connectivity index (χ4n) is 2.72. The van der Waals surface area contributed by atoms with E-state index < -0.39 is 0 Å². The van der Waals surface area contributed by atoms with Crippen LogP contribution in [0.25, 0.3) is 22.2 Å². The Bertz CT molecular complexity index is 869. The Kier molecular flexibility index (Phi) is 3.58. The molecule has 0 radical (unpaired) electrons. The molecule has 0 unspecified atom stereocenters. The summed E-state index contributed by atoms with van der Waals surface area (Å²) in [4.78, 5) is 16.7. The first kappa shape index (κ1) is 14.3. The molecule has 1 amide bonds. The number of aromatic nitrogens is 2. The highest BCUT2D eigenvalue weighted by Crippen LogP contribution is 2.26. The van der Waals surface area contributed by atoms with E-state index in [1.54, 1.807) is 0 Å². The average Bonchev–Trinajstić information content (AvgIpc) is 3.16. The largest absolute Gasteiger partial charge is 0.353 e. The number of carbonyl (C=O) groups is 1. The molecule has 0 saturated heterocycles. The van der Waals surface area contributed by atoms with Gasteiger partial charge in [0.1, 0.15) is 0 Å². The number of amides is 1. The molecule has 1 aliphatic rings. The Morgan fingerprint density at radius 3 is 2.96 bits per heavy atom. The van der Waals surface area contributed by atoms with Crippen LogP contribution in [0.1, 0.15) is 24.0 Å². The number of rotatable bonds is 4. The lowest BCUT2D eigenvalue weighted by Gasteiger charge is -2.08. The van der Waals surface area contributed by atoms with Crippen molar-refractivity contribution in [3.8, 4) is 11.3 Å². The van der Waals surface area contributed by atoms with Crippen LogP contribution >= 0.6 is 11.5 Å². The predicted octanol–water partition coefficient (Wildman–Crippen LogP) is 3.49. The van der Waals surface area contributed by atoms with Gasteiger partial charge in [-0.3, -0.25) is 4.79 Å². The molecular weight excluding hydrogens is 306 g/mol. The molecule has 0 spiro atoms. The van der Waals surface area contributed by atoms with Gasteiger partial charge in [-0.25, -0.2) is 9.36 Å². The van der Waals surface area contributed by atoms with E-state index in [0.717, 1.165) is 40.6 Å². The second kappa shape index (κ2) is 5.74. The zero-order chi connectivity index (χ0) is 15.8. The maximum Gasteiger partial charge on any atom is 0.224 e. The second-order valence-electron chi connectivity index (χ2n) is 6.11. The number of aryl methyl sites for hydroxylation is 1. The molecule has 1 N–H and O–H groups in total. The molecule has 0 atom stereocenters. The highest BCUT2D eigenvalue weighted by atomic mass is 32.1. The van der Waals surface area contributed by atoms with Gasteiger partial charge in [-0.15, -0.1) is 0 Å². The summed E-state index contributed by atoms with van der Waals surface area (Å²) < 4.78 is 4.14. The molecule has 1 aromatic carbocycles. The summed E-state index contributed by atoms with van der Waals surface area (Å²) in [5.41, 5.74) is 5.15. The molecule has 5 heteroatoms. The van der Waals surface area contributed by atoms with Crippen LogP contribution in [0.3, 0.4) is 0 Å². The van der Waals surface area contributed by atoms with E-state index in [1.807, 2.05) is 23.7 Å². The van der Waals surface area contributed by atoms with E-state index in [4.69, 9.17) is 4.98 Å². The zero-order valence-corrected chi connectivity index (χ0v) is 13.7. The van der Waals surface area contributed by atoms with E-state index in [1.165, 1.54) is 17.1 Å². The summed E-state index contributed by atoms with van der Waals surface area (Å²) in [6, 6.07) is 8.58. The standard InChI is InChI=1S/C18H17N3OS/c1-11-6-17(13-9-19-23-10-13)21-16-5-2-12(7-15(11)16)8-18(22)20-14-3-4-14/h2,5-7,9-10,14H,3-4,8H2,1H3,(H,20,22). The zero-order valence-electron chi connectivity index (χ0n) is 12.9. The van der Waals surface area contributed by atoms with Crippen molar-refractivity contribution in [3.63, 3.8) is 0 Å². The van der Waals surface area contributed by atoms with Crippen LogP contribution in [0.2, 0.25) is 0 Å². The van der Waals surface area contributed by atoms with Crippen molar-refractivity contribution in [2.45, 2.75) is 32.2 Å². The van der Waals surface area contributed by atoms with Gasteiger partial charge in [0.2, 0.25) is 5.91 Å². The number of carbonyl (C=O) groups excluding carboxylic acids is 1. The topological polar surface area (TPSA) is 54.9 Å². The minimum atomic E-state index is 0.110. The average molecular weight is 323 g/mol. The van der Waals surface area contributed by atoms with Gasteiger partial charge < -0.3 is 5.32 Å². The molecule has 0 aliphatic heterocycles. The Labute approximate surface area is 138 Å². The first-order valence-corrected chi connectivity index (χ1v) is 8.62. The maximum absolute atomic E-state index is 12.0. The van der Waals surface area contributed by atoms with Crippen molar-refractivity contribution in [1.82, 2.24) is 14.7 Å². The van der Waals surface area contributed by atoms with Gasteiger partial charge >= 0.3 is 0 Å². The van der Waals surface area contributed by atoms with Crippen LogP contribution in [-0.2, 0) is 11.2 Å². The van der Waals surface area contributed by atoms with Crippen LogP contribution < -0.4 is 5.32 Å². The van der Waals surface area contributed by atoms with Gasteiger partial charge in [0.15, 0.2) is 0 Å². The fourth-order valence-corrected chi connectivity index (χ4v) is 3.25. The number of nitrogens with zero attached hydrogens (tertiary/aromatic N) is 2. The molecule has 1 fully saturated rings. The number of hydrogen-bond donors (Lipinski definition) is 1. The smallest absolute Gasteiger partial charge is 0.224 e. The molecule has 2 aromatic heterocycles. The van der Waals surface area contributed by atoms with Crippen LogP contribution in [0.4, 0.5) is 0 Å². The summed E-state index contributed by atoms with van der Waals surface area (Å²) in [5, 5.41) is 6.14. The van der Waals surface area contributed by atoms with Gasteiger partial charge in [-0.1, -0.05) is 6.07 Å². The summed E-state index contributed by atoms with van der Waals surface area (Å²) >= 11 is 1.43. The van der Waals surface area contributed by atoms with Gasteiger partial charge in [0.05, 0.1) is 23.8 Å². The maximum atomic E-state index is 12.0. The molecule has 23 heavy (non-hydrogen) atoms. The van der Waals surface area contributed by atoms with Gasteiger partial charge in [-0.05, 0) is 60.6 Å². The molecule has 116 valence electrons. The summed E-state index contributed by atoms with van der Waals surface area (Å²) in [7, 11) is 0. The molecule has 0 bridgehead atoms. The van der Waals surface area contributed by atoms with Crippen molar-refractivity contribution in [2.75, 3.05) is 0 Å². The lowest BCUT2D eigenvalue weighted by Crippen LogP contribution is -2.26. The number of hydrogen-bond acceptors (Lipinski definition) is 4. The number of pyridine rings is 1. The van der Waals surface area contributed by atoms with E-state index in [2.05, 4.69) is 28.7 Å². The van der Waals surface area contributed by atoms with Gasteiger partial charge in [0, 0.05) is 22.4 Å². The van der Waals surface area contributed by atoms with Crippen molar-refractivity contribution < 1.29 is 4.79 Å². The molecule has 4 rings (SSSR count). The monoisotopic (exact) mass is 323 g/mol. The number of nitrogens with one attached hydrogen (secondary N) is 1. The van der Waals surface area contributed by atoms with Crippen LogP contribution in [-0.4, -0.2) is 21.3 Å². The van der Waals surface area contributed by atoms with E-state index >= 15 is 0 Å². The third-order valence-electron chi connectivity index (χ3n) is 4.12. The predicted molar refractivity (Wildman–Crippen MR) is 92.5 cm³/mol. The van der Waals surface area contributed by atoms with Crippen molar-refractivity contribution in [1.29, 1.82) is 0 Å². The summed E-state index contributed by atoms with van der Waals surface area (Å²) in [6.45, 7) is 2.08. The van der Waals surface area contributed by atoms with Crippen LogP contribution in [0.15, 0.2) is 35.8 Å². The number of fused-ring (bicyclic) bond motifs is 1. The van der Waals surface area contributed by atoms with E-state index in [0.29, 0.717) is 12.5 Å². The van der Waals surface area contributed by atoms with Gasteiger partial charge in [0.25, 0.3) is 0 Å². The van der Waals surface area contributed by atoms with E-state index in [9.17, 15) is 4.79 Å². The Morgan fingerprint density at radius 1 is 1.35 bits per heavy atom. The second-order valence-corrected chi connectivity index (χ2v) is 6.76. The fraction of sp³-hybridized carbons (Fsp3) is 0.278. The first-order chi connectivity index (χ1) is 11.2. The van der Waals surface area contributed by atoms with Crippen molar-refractivity contribution in [2.24, 2.45) is 0 Å². The third kappa shape index (κ3) is 3.10. The lowest BCUT2D eigenvalue weighted by atomic mass is 10.0. The Hall–Kier alpha value is -2.27. The molecule has 4 nitrogen and oxygen atoms in total. The van der Waals surface area contributed by atoms with Crippen molar-refractivity contribution >= 4 is 28.3 Å². The van der Waals surface area contributed by atoms with Crippen LogP contribution in [0.5, 0.6) is 0 Å². The SMILES string of the molecule is Cc1cc(-c2cnsc2)nc2ccc(CC(=O)NC3CC3)cc12. The summed E-state index contributed by atoms with van der Waals surface area (Å²) in [6.07, 6.45) is 4.51. The Morgan fingerprint density at radius 2 is 2.22 bits per heavy atom. The molecule has 2 heterocycles. The van der Waals surface area contributed by atoms with Crippen molar-refractivity contribution in [3.05, 3.63) is 47.0 Å². The lowest BCUT2D eigenvalue weighted by molar-refractivity contribution is -0.120.